The van der Waals surface area contributed by atoms with Gasteiger partial charge in [-0.05, 0) is 35.4 Å². The number of likely N-dealkylation sites (tertiary alicyclic amines) is 1. The van der Waals surface area contributed by atoms with E-state index < -0.39 is 5.41 Å². The van der Waals surface area contributed by atoms with Gasteiger partial charge in [0, 0.05) is 18.1 Å². The Morgan fingerprint density at radius 2 is 2.13 bits per heavy atom. The monoisotopic (exact) mass is 335 g/mol. The summed E-state index contributed by atoms with van der Waals surface area (Å²) < 4.78 is 5.02. The highest BCUT2D eigenvalue weighted by molar-refractivity contribution is 6.30. The Morgan fingerprint density at radius 1 is 1.39 bits per heavy atom. The molecule has 1 saturated carbocycles. The summed E-state index contributed by atoms with van der Waals surface area (Å²) in [6.07, 6.45) is 1.09. The van der Waals surface area contributed by atoms with Crippen LogP contribution in [0.2, 0.25) is 5.02 Å². The van der Waals surface area contributed by atoms with Gasteiger partial charge in [0.25, 0.3) is 0 Å². The molecule has 1 aliphatic heterocycles. The zero-order valence-corrected chi connectivity index (χ0v) is 14.5. The van der Waals surface area contributed by atoms with E-state index in [1.165, 1.54) is 7.11 Å². The number of carbonyl (C=O) groups is 2. The molecule has 0 unspecified atom stereocenters. The van der Waals surface area contributed by atoms with Gasteiger partial charge in [0.15, 0.2) is 0 Å². The van der Waals surface area contributed by atoms with Gasteiger partial charge in [-0.1, -0.05) is 37.6 Å². The minimum atomic E-state index is -0.512. The number of benzene rings is 1. The smallest absolute Gasteiger partial charge is 0.314 e. The molecular formula is C18H22ClNO3. The maximum atomic E-state index is 12.6. The largest absolute Gasteiger partial charge is 0.469 e. The molecule has 0 bridgehead atoms. The van der Waals surface area contributed by atoms with Crippen molar-refractivity contribution in [3.8, 4) is 0 Å². The first kappa shape index (κ1) is 16.3. The van der Waals surface area contributed by atoms with Crippen LogP contribution < -0.4 is 0 Å². The van der Waals surface area contributed by atoms with E-state index >= 15 is 0 Å². The summed E-state index contributed by atoms with van der Waals surface area (Å²) in [4.78, 5) is 26.7. The van der Waals surface area contributed by atoms with Crippen LogP contribution in [0.5, 0.6) is 0 Å². The Hall–Kier alpha value is -1.55. The van der Waals surface area contributed by atoms with E-state index in [9.17, 15) is 9.59 Å². The number of fused-ring (bicyclic) bond motifs is 1. The van der Waals surface area contributed by atoms with E-state index in [1.54, 1.807) is 6.07 Å². The maximum absolute atomic E-state index is 12.6. The number of carbonyl (C=O) groups excluding carboxylic acids is 2. The number of methoxy groups -OCH3 is 1. The summed E-state index contributed by atoms with van der Waals surface area (Å²) in [5, 5.41) is 0.629. The molecule has 23 heavy (non-hydrogen) atoms. The summed E-state index contributed by atoms with van der Waals surface area (Å²) in [5.41, 5.74) is 0.453. The van der Waals surface area contributed by atoms with Crippen LogP contribution in [0, 0.1) is 16.7 Å². The Kier molecular flexibility index (Phi) is 3.91. The lowest BCUT2D eigenvalue weighted by Crippen LogP contribution is -2.57. The number of hydrogen-bond donors (Lipinski definition) is 0. The van der Waals surface area contributed by atoms with Crippen molar-refractivity contribution in [1.29, 1.82) is 0 Å². The van der Waals surface area contributed by atoms with Gasteiger partial charge < -0.3 is 9.64 Å². The molecule has 1 saturated heterocycles. The summed E-state index contributed by atoms with van der Waals surface area (Å²) in [6, 6.07) is 7.34. The molecule has 1 aromatic rings. The number of ether oxygens (including phenoxy) is 1. The Labute approximate surface area is 141 Å². The second-order valence-electron chi connectivity index (χ2n) is 7.45. The third-order valence-electron chi connectivity index (χ3n) is 5.45. The Balaban J connectivity index is 1.75. The fourth-order valence-electron chi connectivity index (χ4n) is 4.50. The molecule has 0 N–H and O–H groups in total. The van der Waals surface area contributed by atoms with Crippen LogP contribution in [0.25, 0.3) is 0 Å². The number of rotatable bonds is 3. The van der Waals surface area contributed by atoms with Gasteiger partial charge >= 0.3 is 5.97 Å². The summed E-state index contributed by atoms with van der Waals surface area (Å²) >= 11 is 5.98. The molecule has 1 heterocycles. The average molecular weight is 336 g/mol. The molecular weight excluding hydrogens is 314 g/mol. The van der Waals surface area contributed by atoms with E-state index in [0.717, 1.165) is 12.0 Å². The minimum absolute atomic E-state index is 0.0424. The first-order valence-electron chi connectivity index (χ1n) is 7.89. The lowest BCUT2D eigenvalue weighted by atomic mass is 9.48. The highest BCUT2D eigenvalue weighted by Crippen LogP contribution is 2.63. The van der Waals surface area contributed by atoms with Crippen molar-refractivity contribution < 1.29 is 14.3 Å². The predicted octanol–water partition coefficient (Wildman–Crippen LogP) is 2.93. The molecule has 1 aliphatic carbocycles. The molecule has 5 heteroatoms. The van der Waals surface area contributed by atoms with Gasteiger partial charge in [-0.2, -0.15) is 0 Å². The van der Waals surface area contributed by atoms with Crippen LogP contribution in [0.15, 0.2) is 24.3 Å². The molecule has 124 valence electrons. The lowest BCUT2D eigenvalue weighted by Gasteiger charge is -2.54. The minimum Gasteiger partial charge on any atom is -0.469 e. The molecule has 2 aliphatic rings. The standard InChI is InChI=1S/C18H22ClNO3/c1-17(2)10-18(16(22)23-3)11-20(9-14(17)18)15(21)8-12-5-4-6-13(19)7-12/h4-7,14H,8-11H2,1-3H3/t14-,18+/m1/s1. The summed E-state index contributed by atoms with van der Waals surface area (Å²) in [7, 11) is 1.43. The van der Waals surface area contributed by atoms with Crippen LogP contribution >= 0.6 is 11.6 Å². The number of hydrogen-bond acceptors (Lipinski definition) is 3. The van der Waals surface area contributed by atoms with Crippen LogP contribution in [0.1, 0.15) is 25.8 Å². The molecule has 0 radical (unpaired) electrons. The van der Waals surface area contributed by atoms with Gasteiger partial charge in [-0.25, -0.2) is 0 Å². The van der Waals surface area contributed by atoms with Crippen molar-refractivity contribution in [2.45, 2.75) is 26.7 Å². The quantitative estimate of drug-likeness (QED) is 0.798. The second kappa shape index (κ2) is 5.52. The van der Waals surface area contributed by atoms with Gasteiger partial charge in [-0.15, -0.1) is 0 Å². The van der Waals surface area contributed by atoms with Gasteiger partial charge in [0.2, 0.25) is 5.91 Å². The van der Waals surface area contributed by atoms with Crippen LogP contribution in [0.3, 0.4) is 0 Å². The van der Waals surface area contributed by atoms with Gasteiger partial charge in [-0.3, -0.25) is 9.59 Å². The topological polar surface area (TPSA) is 46.6 Å². The Morgan fingerprint density at radius 3 is 2.74 bits per heavy atom. The van der Waals surface area contributed by atoms with Crippen molar-refractivity contribution in [3.63, 3.8) is 0 Å². The second-order valence-corrected chi connectivity index (χ2v) is 7.88. The molecule has 2 atom stereocenters. The normalized spacial score (nSPS) is 28.0. The first-order chi connectivity index (χ1) is 10.8. The summed E-state index contributed by atoms with van der Waals surface area (Å²) in [6.45, 7) is 5.41. The molecule has 1 aromatic carbocycles. The number of esters is 1. The van der Waals surface area contributed by atoms with Gasteiger partial charge in [0.05, 0.1) is 18.9 Å². The highest BCUT2D eigenvalue weighted by atomic mass is 35.5. The fraction of sp³-hybridized carbons (Fsp3) is 0.556. The van der Waals surface area contributed by atoms with Crippen LogP contribution in [-0.2, 0) is 20.7 Å². The molecule has 1 amide bonds. The number of halogens is 1. The van der Waals surface area contributed by atoms with E-state index in [-0.39, 0.29) is 23.2 Å². The molecule has 0 spiro atoms. The van der Waals surface area contributed by atoms with E-state index in [1.807, 2.05) is 23.1 Å². The molecule has 3 rings (SSSR count). The van der Waals surface area contributed by atoms with Gasteiger partial charge in [0.1, 0.15) is 0 Å². The molecule has 2 fully saturated rings. The SMILES string of the molecule is COC(=O)[C@@]12CN(C(=O)Cc3cccc(Cl)c3)C[C@@H]1C(C)(C)C2. The van der Waals surface area contributed by atoms with Crippen molar-refractivity contribution in [2.24, 2.45) is 16.7 Å². The third kappa shape index (κ3) is 2.63. The molecule has 0 aromatic heterocycles. The number of amides is 1. The van der Waals surface area contributed by atoms with Crippen LogP contribution in [-0.4, -0.2) is 37.0 Å². The van der Waals surface area contributed by atoms with E-state index in [4.69, 9.17) is 16.3 Å². The van der Waals surface area contributed by atoms with Crippen LogP contribution in [0.4, 0.5) is 0 Å². The Bertz CT molecular complexity index is 657. The first-order valence-corrected chi connectivity index (χ1v) is 8.27. The van der Waals surface area contributed by atoms with Crippen molar-refractivity contribution in [3.05, 3.63) is 34.9 Å². The average Bonchev–Trinajstić information content (AvgIpc) is 2.82. The van der Waals surface area contributed by atoms with Crippen molar-refractivity contribution in [2.75, 3.05) is 20.2 Å². The van der Waals surface area contributed by atoms with E-state index in [2.05, 4.69) is 13.8 Å². The maximum Gasteiger partial charge on any atom is 0.314 e. The highest BCUT2D eigenvalue weighted by Gasteiger charge is 2.67. The van der Waals surface area contributed by atoms with Crippen molar-refractivity contribution in [1.82, 2.24) is 4.90 Å². The molecule has 4 nitrogen and oxygen atoms in total. The zero-order valence-electron chi connectivity index (χ0n) is 13.8. The predicted molar refractivity (Wildman–Crippen MR) is 88.1 cm³/mol. The zero-order chi connectivity index (χ0) is 16.8. The van der Waals surface area contributed by atoms with E-state index in [0.29, 0.717) is 24.5 Å². The number of nitrogens with zero attached hydrogens (tertiary/aromatic N) is 1. The third-order valence-corrected chi connectivity index (χ3v) is 5.68. The summed E-state index contributed by atoms with van der Waals surface area (Å²) in [5.74, 6) is 0.0337. The van der Waals surface area contributed by atoms with Crippen molar-refractivity contribution >= 4 is 23.5 Å². The lowest BCUT2D eigenvalue weighted by molar-refractivity contribution is -0.174. The fourth-order valence-corrected chi connectivity index (χ4v) is 4.71.